The van der Waals surface area contributed by atoms with Gasteiger partial charge in [-0.25, -0.2) is 0 Å². The fraction of sp³-hybridized carbons (Fsp3) is 0.875. The van der Waals surface area contributed by atoms with Crippen LogP contribution in [0.15, 0.2) is 0 Å². The van der Waals surface area contributed by atoms with Crippen LogP contribution in [-0.4, -0.2) is 37.6 Å². The first-order valence-corrected chi connectivity index (χ1v) is 4.04. The molecule has 0 saturated carbocycles. The van der Waals surface area contributed by atoms with Crippen molar-refractivity contribution in [3.63, 3.8) is 0 Å². The number of esters is 1. The van der Waals surface area contributed by atoms with Crippen LogP contribution in [0.3, 0.4) is 0 Å². The molecule has 0 N–H and O–H groups in total. The molecule has 0 amide bonds. The van der Waals surface area contributed by atoms with Crippen molar-refractivity contribution in [2.75, 3.05) is 20.7 Å². The Morgan fingerprint density at radius 3 is 2.67 bits per heavy atom. The topological polar surface area (TPSA) is 29.5 Å². The lowest BCUT2D eigenvalue weighted by Crippen LogP contribution is -2.42. The molecular weight excluding hydrogens is 178 g/mol. The molecule has 1 aliphatic rings. The minimum absolute atomic E-state index is 0. The smallest absolute Gasteiger partial charge is 0.323 e. The standard InChI is InChI=1S/C8H15NO2.ClH/c1-9-6-4-3-5-7(9)8(10)11-2;/h7H,3-6H2,1-2H3;1H. The number of likely N-dealkylation sites (tertiary alicyclic amines) is 1. The number of ether oxygens (including phenoxy) is 1. The summed E-state index contributed by atoms with van der Waals surface area (Å²) in [5.41, 5.74) is 0. The molecule has 1 atom stereocenters. The Morgan fingerprint density at radius 2 is 2.17 bits per heavy atom. The maximum atomic E-state index is 11.1. The Morgan fingerprint density at radius 1 is 1.50 bits per heavy atom. The van der Waals surface area contributed by atoms with Crippen LogP contribution >= 0.6 is 12.4 Å². The van der Waals surface area contributed by atoms with Gasteiger partial charge >= 0.3 is 5.97 Å². The summed E-state index contributed by atoms with van der Waals surface area (Å²) in [4.78, 5) is 13.2. The molecular formula is C8H16ClNO2. The largest absolute Gasteiger partial charge is 0.468 e. The zero-order chi connectivity index (χ0) is 8.27. The molecule has 72 valence electrons. The van der Waals surface area contributed by atoms with E-state index < -0.39 is 0 Å². The molecule has 0 aliphatic carbocycles. The van der Waals surface area contributed by atoms with Crippen molar-refractivity contribution >= 4 is 18.4 Å². The average Bonchev–Trinajstić information content (AvgIpc) is 2.04. The van der Waals surface area contributed by atoms with Crippen LogP contribution in [0, 0.1) is 0 Å². The lowest BCUT2D eigenvalue weighted by Gasteiger charge is -2.29. The van der Waals surface area contributed by atoms with Crippen molar-refractivity contribution in [3.05, 3.63) is 0 Å². The Bertz CT molecular complexity index is 152. The Balaban J connectivity index is 0.00000121. The molecule has 0 radical (unpaired) electrons. The summed E-state index contributed by atoms with van der Waals surface area (Å²) >= 11 is 0. The lowest BCUT2D eigenvalue weighted by molar-refractivity contribution is -0.147. The summed E-state index contributed by atoms with van der Waals surface area (Å²) < 4.78 is 4.68. The first-order valence-electron chi connectivity index (χ1n) is 4.04. The van der Waals surface area contributed by atoms with Crippen LogP contribution in [0.2, 0.25) is 0 Å². The molecule has 0 aromatic heterocycles. The van der Waals surface area contributed by atoms with Crippen molar-refractivity contribution in [1.29, 1.82) is 0 Å². The van der Waals surface area contributed by atoms with Crippen LogP contribution in [-0.2, 0) is 9.53 Å². The van der Waals surface area contributed by atoms with Crippen molar-refractivity contribution in [2.24, 2.45) is 0 Å². The third-order valence-corrected chi connectivity index (χ3v) is 2.24. The minimum Gasteiger partial charge on any atom is -0.468 e. The van der Waals surface area contributed by atoms with Gasteiger partial charge < -0.3 is 4.74 Å². The number of carbonyl (C=O) groups excluding carboxylic acids is 1. The summed E-state index contributed by atoms with van der Waals surface area (Å²) in [5, 5.41) is 0. The van der Waals surface area contributed by atoms with Crippen LogP contribution < -0.4 is 0 Å². The Hall–Kier alpha value is -0.280. The third kappa shape index (κ3) is 2.64. The van der Waals surface area contributed by atoms with E-state index in [1.165, 1.54) is 13.5 Å². The maximum absolute atomic E-state index is 11.1. The van der Waals surface area contributed by atoms with Crippen molar-refractivity contribution in [2.45, 2.75) is 25.3 Å². The van der Waals surface area contributed by atoms with Gasteiger partial charge in [0, 0.05) is 0 Å². The molecule has 0 aromatic carbocycles. The molecule has 3 nitrogen and oxygen atoms in total. The van der Waals surface area contributed by atoms with E-state index in [1.807, 2.05) is 7.05 Å². The van der Waals surface area contributed by atoms with E-state index in [0.29, 0.717) is 0 Å². The molecule has 0 spiro atoms. The van der Waals surface area contributed by atoms with E-state index in [1.54, 1.807) is 0 Å². The Kier molecular flexibility index (Phi) is 5.25. The molecule has 0 aromatic rings. The van der Waals surface area contributed by atoms with Gasteiger partial charge in [0.05, 0.1) is 7.11 Å². The average molecular weight is 194 g/mol. The maximum Gasteiger partial charge on any atom is 0.323 e. The van der Waals surface area contributed by atoms with Crippen LogP contribution in [0.4, 0.5) is 0 Å². The van der Waals surface area contributed by atoms with Gasteiger partial charge in [-0.3, -0.25) is 9.69 Å². The second kappa shape index (κ2) is 5.38. The number of methoxy groups -OCH3 is 1. The van der Waals surface area contributed by atoms with E-state index >= 15 is 0 Å². The highest BCUT2D eigenvalue weighted by Crippen LogP contribution is 2.15. The first-order chi connectivity index (χ1) is 5.25. The molecule has 1 saturated heterocycles. The minimum atomic E-state index is -0.0906. The fourth-order valence-electron chi connectivity index (χ4n) is 1.51. The first kappa shape index (κ1) is 11.7. The van der Waals surface area contributed by atoms with Gasteiger partial charge in [0.25, 0.3) is 0 Å². The van der Waals surface area contributed by atoms with Crippen molar-refractivity contribution in [3.8, 4) is 0 Å². The quantitative estimate of drug-likeness (QED) is 0.584. The van der Waals surface area contributed by atoms with Gasteiger partial charge in [0.1, 0.15) is 6.04 Å². The number of carbonyl (C=O) groups is 1. The number of piperidine rings is 1. The van der Waals surface area contributed by atoms with Crippen LogP contribution in [0.25, 0.3) is 0 Å². The highest BCUT2D eigenvalue weighted by molar-refractivity contribution is 5.85. The summed E-state index contributed by atoms with van der Waals surface area (Å²) in [6, 6.07) is 0.00810. The van der Waals surface area contributed by atoms with E-state index in [-0.39, 0.29) is 24.4 Å². The summed E-state index contributed by atoms with van der Waals surface area (Å²) in [7, 11) is 3.42. The van der Waals surface area contributed by atoms with Crippen LogP contribution in [0.1, 0.15) is 19.3 Å². The Labute approximate surface area is 79.5 Å². The monoisotopic (exact) mass is 193 g/mol. The number of rotatable bonds is 1. The highest BCUT2D eigenvalue weighted by Gasteiger charge is 2.25. The fourth-order valence-corrected chi connectivity index (χ4v) is 1.51. The van der Waals surface area contributed by atoms with Gasteiger partial charge in [-0.05, 0) is 26.4 Å². The number of nitrogens with zero attached hydrogens (tertiary/aromatic N) is 1. The molecule has 0 bridgehead atoms. The molecule has 1 fully saturated rings. The summed E-state index contributed by atoms with van der Waals surface area (Å²) in [5.74, 6) is -0.0906. The van der Waals surface area contributed by atoms with Gasteiger partial charge in [-0.15, -0.1) is 12.4 Å². The van der Waals surface area contributed by atoms with E-state index in [0.717, 1.165) is 19.4 Å². The molecule has 1 heterocycles. The van der Waals surface area contributed by atoms with Crippen molar-refractivity contribution in [1.82, 2.24) is 4.90 Å². The predicted molar refractivity (Wildman–Crippen MR) is 49.5 cm³/mol. The van der Waals surface area contributed by atoms with Gasteiger partial charge in [-0.2, -0.15) is 0 Å². The van der Waals surface area contributed by atoms with E-state index in [4.69, 9.17) is 0 Å². The second-order valence-electron chi connectivity index (χ2n) is 3.02. The molecule has 1 aliphatic heterocycles. The molecule has 1 unspecified atom stereocenters. The number of hydrogen-bond donors (Lipinski definition) is 0. The molecule has 12 heavy (non-hydrogen) atoms. The van der Waals surface area contributed by atoms with E-state index in [9.17, 15) is 4.79 Å². The number of likely N-dealkylation sites (N-methyl/N-ethyl adjacent to an activating group) is 1. The van der Waals surface area contributed by atoms with Gasteiger partial charge in [-0.1, -0.05) is 6.42 Å². The highest BCUT2D eigenvalue weighted by atomic mass is 35.5. The van der Waals surface area contributed by atoms with Gasteiger partial charge in [0.2, 0.25) is 0 Å². The lowest BCUT2D eigenvalue weighted by atomic mass is 10.0. The molecule has 1 rings (SSSR count). The summed E-state index contributed by atoms with van der Waals surface area (Å²) in [6.07, 6.45) is 3.29. The number of halogens is 1. The van der Waals surface area contributed by atoms with Crippen LogP contribution in [0.5, 0.6) is 0 Å². The zero-order valence-electron chi connectivity index (χ0n) is 7.58. The predicted octanol–water partition coefficient (Wildman–Crippen LogP) is 1.07. The second-order valence-corrected chi connectivity index (χ2v) is 3.02. The van der Waals surface area contributed by atoms with Gasteiger partial charge in [0.15, 0.2) is 0 Å². The zero-order valence-corrected chi connectivity index (χ0v) is 8.39. The normalized spacial score (nSPS) is 24.3. The third-order valence-electron chi connectivity index (χ3n) is 2.24. The number of hydrogen-bond acceptors (Lipinski definition) is 3. The SMILES string of the molecule is COC(=O)C1CCCCN1C.Cl. The summed E-state index contributed by atoms with van der Waals surface area (Å²) in [6.45, 7) is 1.01. The molecule has 4 heteroatoms. The van der Waals surface area contributed by atoms with E-state index in [2.05, 4.69) is 9.64 Å². The van der Waals surface area contributed by atoms with Crippen molar-refractivity contribution < 1.29 is 9.53 Å².